The predicted molar refractivity (Wildman–Crippen MR) is 100 cm³/mol. The van der Waals surface area contributed by atoms with Gasteiger partial charge in [-0.2, -0.15) is 0 Å². The molecule has 2 aromatic rings. The van der Waals surface area contributed by atoms with Crippen molar-refractivity contribution in [1.82, 2.24) is 0 Å². The first-order valence-electron chi connectivity index (χ1n) is 7.90. The third-order valence-corrected chi connectivity index (χ3v) is 3.67. The van der Waals surface area contributed by atoms with Gasteiger partial charge in [-0.05, 0) is 24.0 Å². The Morgan fingerprint density at radius 1 is 1.00 bits per heavy atom. The Hall–Kier alpha value is -3.15. The lowest BCUT2D eigenvalue weighted by Crippen LogP contribution is -2.12. The molecular weight excluding hydrogens is 316 g/mol. The maximum atomic E-state index is 10.7. The van der Waals surface area contributed by atoms with Crippen molar-refractivity contribution in [2.75, 3.05) is 0 Å². The third-order valence-electron chi connectivity index (χ3n) is 3.67. The van der Waals surface area contributed by atoms with Gasteiger partial charge in [0.05, 0.1) is 6.42 Å². The SMILES string of the molecule is CCC(CC(=O)O)c1cccc(C(=N)N)c1.N=C(N)c1ccccc1. The highest BCUT2D eigenvalue weighted by atomic mass is 16.4. The fraction of sp³-hybridized carbons (Fsp3) is 0.211. The van der Waals surface area contributed by atoms with Crippen molar-refractivity contribution < 1.29 is 9.90 Å². The molecule has 0 saturated heterocycles. The summed E-state index contributed by atoms with van der Waals surface area (Å²) in [6, 6.07) is 16.4. The van der Waals surface area contributed by atoms with Crippen LogP contribution in [0.3, 0.4) is 0 Å². The molecule has 0 radical (unpaired) electrons. The Morgan fingerprint density at radius 2 is 1.56 bits per heavy atom. The summed E-state index contributed by atoms with van der Waals surface area (Å²) in [5, 5.41) is 23.1. The number of aliphatic carboxylic acids is 1. The molecule has 132 valence electrons. The van der Waals surface area contributed by atoms with E-state index in [1.807, 2.05) is 43.3 Å². The minimum atomic E-state index is -0.805. The Kier molecular flexibility index (Phi) is 7.86. The van der Waals surface area contributed by atoms with Crippen molar-refractivity contribution >= 4 is 17.6 Å². The number of carbonyl (C=O) groups is 1. The van der Waals surface area contributed by atoms with Gasteiger partial charge in [-0.25, -0.2) is 0 Å². The van der Waals surface area contributed by atoms with Crippen LogP contribution in [0.4, 0.5) is 0 Å². The maximum Gasteiger partial charge on any atom is 0.303 e. The van der Waals surface area contributed by atoms with Gasteiger partial charge in [0.1, 0.15) is 11.7 Å². The van der Waals surface area contributed by atoms with Gasteiger partial charge in [-0.3, -0.25) is 15.6 Å². The molecule has 0 bridgehead atoms. The van der Waals surface area contributed by atoms with Crippen LogP contribution in [-0.2, 0) is 4.79 Å². The van der Waals surface area contributed by atoms with Gasteiger partial charge in [0.25, 0.3) is 0 Å². The van der Waals surface area contributed by atoms with Crippen molar-refractivity contribution in [2.45, 2.75) is 25.7 Å². The number of benzene rings is 2. The molecule has 6 heteroatoms. The van der Waals surface area contributed by atoms with E-state index < -0.39 is 5.97 Å². The number of nitrogens with one attached hydrogen (secondary N) is 2. The van der Waals surface area contributed by atoms with E-state index in [1.54, 1.807) is 18.2 Å². The van der Waals surface area contributed by atoms with Gasteiger partial charge in [0.15, 0.2) is 0 Å². The first-order valence-corrected chi connectivity index (χ1v) is 7.90. The number of nitrogen functional groups attached to an aromatic ring is 2. The molecule has 25 heavy (non-hydrogen) atoms. The second kappa shape index (κ2) is 9.87. The normalized spacial score (nSPS) is 10.9. The summed E-state index contributed by atoms with van der Waals surface area (Å²) in [6.07, 6.45) is 0.867. The zero-order valence-electron chi connectivity index (χ0n) is 14.2. The fourth-order valence-corrected chi connectivity index (χ4v) is 2.29. The fourth-order valence-electron chi connectivity index (χ4n) is 2.29. The molecule has 0 heterocycles. The highest BCUT2D eigenvalue weighted by molar-refractivity contribution is 5.95. The molecule has 6 nitrogen and oxygen atoms in total. The van der Waals surface area contributed by atoms with E-state index in [1.165, 1.54) is 0 Å². The molecule has 1 atom stereocenters. The summed E-state index contributed by atoms with van der Waals surface area (Å²) >= 11 is 0. The molecule has 2 rings (SSSR count). The van der Waals surface area contributed by atoms with E-state index in [0.717, 1.165) is 17.5 Å². The van der Waals surface area contributed by atoms with Crippen LogP contribution in [0.25, 0.3) is 0 Å². The summed E-state index contributed by atoms with van der Waals surface area (Å²) in [4.78, 5) is 10.7. The second-order valence-electron chi connectivity index (χ2n) is 5.52. The van der Waals surface area contributed by atoms with Crippen LogP contribution in [0.15, 0.2) is 54.6 Å². The van der Waals surface area contributed by atoms with Crippen LogP contribution < -0.4 is 11.5 Å². The van der Waals surface area contributed by atoms with Crippen LogP contribution in [0.2, 0.25) is 0 Å². The molecule has 7 N–H and O–H groups in total. The first kappa shape index (κ1) is 19.9. The van der Waals surface area contributed by atoms with Crippen molar-refractivity contribution in [3.63, 3.8) is 0 Å². The number of rotatable bonds is 6. The number of hydrogen-bond donors (Lipinski definition) is 5. The zero-order valence-corrected chi connectivity index (χ0v) is 14.2. The van der Waals surface area contributed by atoms with Crippen LogP contribution >= 0.6 is 0 Å². The Morgan fingerprint density at radius 3 is 2.00 bits per heavy atom. The van der Waals surface area contributed by atoms with Gasteiger partial charge in [0.2, 0.25) is 0 Å². The largest absolute Gasteiger partial charge is 0.481 e. The number of hydrogen-bond acceptors (Lipinski definition) is 3. The minimum Gasteiger partial charge on any atom is -0.481 e. The molecule has 0 spiro atoms. The average Bonchev–Trinajstić information content (AvgIpc) is 2.61. The molecule has 0 amide bonds. The van der Waals surface area contributed by atoms with Gasteiger partial charge < -0.3 is 16.6 Å². The van der Waals surface area contributed by atoms with E-state index in [4.69, 9.17) is 27.4 Å². The summed E-state index contributed by atoms with van der Waals surface area (Å²) < 4.78 is 0. The Bertz CT molecular complexity index is 729. The van der Waals surface area contributed by atoms with Gasteiger partial charge in [0, 0.05) is 11.1 Å². The van der Waals surface area contributed by atoms with Crippen molar-refractivity contribution in [2.24, 2.45) is 11.5 Å². The third kappa shape index (κ3) is 6.87. The number of carboxylic acid groups (broad SMARTS) is 1. The monoisotopic (exact) mass is 340 g/mol. The van der Waals surface area contributed by atoms with Gasteiger partial charge in [-0.1, -0.05) is 55.5 Å². The summed E-state index contributed by atoms with van der Waals surface area (Å²) in [7, 11) is 0. The van der Waals surface area contributed by atoms with E-state index in [0.29, 0.717) is 5.56 Å². The van der Waals surface area contributed by atoms with E-state index in [2.05, 4.69) is 0 Å². The number of amidine groups is 2. The van der Waals surface area contributed by atoms with E-state index >= 15 is 0 Å². The number of carboxylic acids is 1. The molecule has 0 aliphatic rings. The van der Waals surface area contributed by atoms with Crippen molar-refractivity contribution in [1.29, 1.82) is 10.8 Å². The standard InChI is InChI=1S/C12H16N2O2.C7H8N2/c1-2-8(7-11(15)16)9-4-3-5-10(6-9)12(13)14;8-7(9)6-4-2-1-3-5-6/h3-6,8H,2,7H2,1H3,(H3,13,14)(H,15,16);1-5H,(H3,8,9). The summed E-state index contributed by atoms with van der Waals surface area (Å²) in [5.74, 6) is -0.695. The van der Waals surface area contributed by atoms with Gasteiger partial charge in [-0.15, -0.1) is 0 Å². The highest BCUT2D eigenvalue weighted by Gasteiger charge is 2.14. The maximum absolute atomic E-state index is 10.7. The molecule has 0 aliphatic carbocycles. The summed E-state index contributed by atoms with van der Waals surface area (Å²) in [6.45, 7) is 1.95. The second-order valence-corrected chi connectivity index (χ2v) is 5.52. The molecule has 0 aromatic heterocycles. The molecule has 0 saturated carbocycles. The molecule has 2 aromatic carbocycles. The first-order chi connectivity index (χ1) is 11.8. The van der Waals surface area contributed by atoms with Crippen LogP contribution in [0, 0.1) is 10.8 Å². The van der Waals surface area contributed by atoms with Crippen LogP contribution in [0.5, 0.6) is 0 Å². The minimum absolute atomic E-state index is 0.00651. The molecule has 1 unspecified atom stereocenters. The van der Waals surface area contributed by atoms with E-state index in [-0.39, 0.29) is 24.0 Å². The lowest BCUT2D eigenvalue weighted by molar-refractivity contribution is -0.137. The molecular formula is C19H24N4O2. The average molecular weight is 340 g/mol. The van der Waals surface area contributed by atoms with Crippen LogP contribution in [0.1, 0.15) is 42.4 Å². The van der Waals surface area contributed by atoms with Gasteiger partial charge >= 0.3 is 5.97 Å². The zero-order chi connectivity index (χ0) is 18.8. The van der Waals surface area contributed by atoms with Crippen molar-refractivity contribution in [3.8, 4) is 0 Å². The highest BCUT2D eigenvalue weighted by Crippen LogP contribution is 2.23. The predicted octanol–water partition coefficient (Wildman–Crippen LogP) is 2.91. The lowest BCUT2D eigenvalue weighted by atomic mass is 9.92. The smallest absolute Gasteiger partial charge is 0.303 e. The number of nitrogens with two attached hydrogens (primary N) is 2. The molecule has 0 fully saturated rings. The lowest BCUT2D eigenvalue weighted by Gasteiger charge is -2.13. The molecule has 0 aliphatic heterocycles. The topological polar surface area (TPSA) is 137 Å². The Labute approximate surface area is 147 Å². The van der Waals surface area contributed by atoms with E-state index in [9.17, 15) is 4.79 Å². The van der Waals surface area contributed by atoms with Crippen molar-refractivity contribution in [3.05, 3.63) is 71.3 Å². The van der Waals surface area contributed by atoms with Crippen LogP contribution in [-0.4, -0.2) is 22.7 Å². The Balaban J connectivity index is 0.000000293. The summed E-state index contributed by atoms with van der Waals surface area (Å²) in [5.41, 5.74) is 12.9. The quantitative estimate of drug-likeness (QED) is 0.408.